The Bertz CT molecular complexity index is 213. The number of carbonyl (C=O) groups is 1. The van der Waals surface area contributed by atoms with Gasteiger partial charge in [-0.15, -0.1) is 0 Å². The molecule has 0 heterocycles. The van der Waals surface area contributed by atoms with Crippen LogP contribution in [0.2, 0.25) is 0 Å². The van der Waals surface area contributed by atoms with Crippen LogP contribution in [0.3, 0.4) is 0 Å². The molecule has 0 aliphatic heterocycles. The summed E-state index contributed by atoms with van der Waals surface area (Å²) in [4.78, 5) is 10.8. The van der Waals surface area contributed by atoms with Crippen LogP contribution in [0.25, 0.3) is 0 Å². The van der Waals surface area contributed by atoms with E-state index >= 15 is 0 Å². The van der Waals surface area contributed by atoms with Crippen LogP contribution in [0.5, 0.6) is 0 Å². The number of nitriles is 1. The van der Waals surface area contributed by atoms with Crippen molar-refractivity contribution in [1.29, 1.82) is 5.26 Å². The maximum absolute atomic E-state index is 10.8. The Kier molecular flexibility index (Phi) is 3.28. The second kappa shape index (κ2) is 3.74. The predicted octanol–water partition coefficient (Wildman–Crippen LogP) is -0.0434. The number of hydrogen-bond donors (Lipinski definition) is 1. The molecule has 0 rings (SSSR count). The van der Waals surface area contributed by atoms with E-state index in [9.17, 15) is 4.79 Å². The lowest BCUT2D eigenvalue weighted by Crippen LogP contribution is -2.43. The van der Waals surface area contributed by atoms with Crippen molar-refractivity contribution in [2.75, 3.05) is 7.11 Å². The number of hydrogen-bond acceptors (Lipinski definition) is 4. The van der Waals surface area contributed by atoms with E-state index in [0.717, 1.165) is 6.08 Å². The molecule has 0 aromatic carbocycles. The molecule has 0 bridgehead atoms. The third-order valence-corrected chi connectivity index (χ3v) is 1.13. The van der Waals surface area contributed by atoms with Crippen molar-refractivity contribution in [3.05, 3.63) is 12.2 Å². The molecule has 0 amide bonds. The summed E-state index contributed by atoms with van der Waals surface area (Å²) in [5.74, 6) is -0.566. The zero-order chi connectivity index (χ0) is 8.91. The highest BCUT2D eigenvalue weighted by atomic mass is 16.5. The van der Waals surface area contributed by atoms with Gasteiger partial charge in [-0.1, -0.05) is 0 Å². The number of nitrogens with zero attached hydrogens (tertiary/aromatic N) is 1. The lowest BCUT2D eigenvalue weighted by molar-refractivity contribution is -0.144. The Morgan fingerprint density at radius 1 is 1.82 bits per heavy atom. The van der Waals surface area contributed by atoms with E-state index in [-0.39, 0.29) is 0 Å². The van der Waals surface area contributed by atoms with Crippen molar-refractivity contribution >= 4 is 5.97 Å². The monoisotopic (exact) mass is 154 g/mol. The van der Waals surface area contributed by atoms with Gasteiger partial charge in [0.2, 0.25) is 0 Å². The summed E-state index contributed by atoms with van der Waals surface area (Å²) in [5, 5.41) is 8.14. The van der Waals surface area contributed by atoms with Gasteiger partial charge in [0.1, 0.15) is 5.54 Å². The topological polar surface area (TPSA) is 76.1 Å². The fourth-order valence-corrected chi connectivity index (χ4v) is 0.498. The summed E-state index contributed by atoms with van der Waals surface area (Å²) in [6, 6.07) is 1.73. The summed E-state index contributed by atoms with van der Waals surface area (Å²) < 4.78 is 4.39. The van der Waals surface area contributed by atoms with Crippen LogP contribution >= 0.6 is 0 Å². The molecule has 0 aliphatic rings. The molecule has 0 saturated carbocycles. The number of methoxy groups -OCH3 is 1. The molecule has 4 nitrogen and oxygen atoms in total. The van der Waals surface area contributed by atoms with Crippen LogP contribution < -0.4 is 5.73 Å². The molecule has 1 atom stereocenters. The minimum atomic E-state index is -1.20. The number of allylic oxidation sites excluding steroid dienone is 1. The van der Waals surface area contributed by atoms with Gasteiger partial charge in [-0.25, -0.2) is 4.79 Å². The third-order valence-electron chi connectivity index (χ3n) is 1.13. The van der Waals surface area contributed by atoms with Crippen LogP contribution in [0.15, 0.2) is 12.2 Å². The molecule has 60 valence electrons. The van der Waals surface area contributed by atoms with Crippen molar-refractivity contribution in [3.63, 3.8) is 0 Å². The summed E-state index contributed by atoms with van der Waals surface area (Å²) in [7, 11) is 1.24. The maximum atomic E-state index is 10.8. The molecule has 0 aromatic heterocycles. The quantitative estimate of drug-likeness (QED) is 0.447. The summed E-state index contributed by atoms with van der Waals surface area (Å²) in [6.45, 7) is 1.46. The first-order valence-electron chi connectivity index (χ1n) is 2.99. The Balaban J connectivity index is 4.35. The molecule has 0 fully saturated rings. The summed E-state index contributed by atoms with van der Waals surface area (Å²) in [6.07, 6.45) is 2.44. The van der Waals surface area contributed by atoms with Crippen molar-refractivity contribution in [3.8, 4) is 6.07 Å². The first-order valence-corrected chi connectivity index (χ1v) is 2.99. The molecular weight excluding hydrogens is 144 g/mol. The zero-order valence-electron chi connectivity index (χ0n) is 6.50. The van der Waals surface area contributed by atoms with Crippen LogP contribution in [-0.2, 0) is 9.53 Å². The molecule has 4 heteroatoms. The molecule has 0 radical (unpaired) electrons. The van der Waals surface area contributed by atoms with E-state index in [1.165, 1.54) is 20.1 Å². The van der Waals surface area contributed by atoms with Crippen molar-refractivity contribution in [2.24, 2.45) is 5.73 Å². The van der Waals surface area contributed by atoms with Crippen molar-refractivity contribution in [2.45, 2.75) is 12.5 Å². The highest BCUT2D eigenvalue weighted by Crippen LogP contribution is 2.02. The van der Waals surface area contributed by atoms with Gasteiger partial charge in [0, 0.05) is 6.08 Å². The highest BCUT2D eigenvalue weighted by Gasteiger charge is 2.25. The number of nitrogens with two attached hydrogens (primary N) is 1. The van der Waals surface area contributed by atoms with E-state index in [2.05, 4.69) is 4.74 Å². The summed E-state index contributed by atoms with van der Waals surface area (Å²) >= 11 is 0. The van der Waals surface area contributed by atoms with Gasteiger partial charge >= 0.3 is 5.97 Å². The Labute approximate surface area is 65.2 Å². The van der Waals surface area contributed by atoms with Crippen molar-refractivity contribution in [1.82, 2.24) is 0 Å². The number of rotatable bonds is 2. The van der Waals surface area contributed by atoms with E-state index in [4.69, 9.17) is 11.0 Å². The Morgan fingerprint density at radius 3 is 2.73 bits per heavy atom. The molecule has 0 saturated heterocycles. The van der Waals surface area contributed by atoms with Crippen LogP contribution in [0, 0.1) is 11.3 Å². The smallest absolute Gasteiger partial charge is 0.329 e. The van der Waals surface area contributed by atoms with Crippen LogP contribution in [0.1, 0.15) is 6.92 Å². The Morgan fingerprint density at radius 2 is 2.36 bits per heavy atom. The molecule has 0 aromatic rings. The van der Waals surface area contributed by atoms with E-state index in [1.807, 2.05) is 0 Å². The predicted molar refractivity (Wildman–Crippen MR) is 39.4 cm³/mol. The average molecular weight is 154 g/mol. The number of ether oxygens (including phenoxy) is 1. The van der Waals surface area contributed by atoms with Gasteiger partial charge in [-0.3, -0.25) is 0 Å². The maximum Gasteiger partial charge on any atom is 0.329 e. The fourth-order valence-electron chi connectivity index (χ4n) is 0.498. The SMILES string of the molecule is COC(=O)C(C)(N)/C=C/C#N. The van der Waals surface area contributed by atoms with Gasteiger partial charge in [0.25, 0.3) is 0 Å². The second-order valence-corrected chi connectivity index (χ2v) is 2.24. The zero-order valence-corrected chi connectivity index (χ0v) is 6.50. The van der Waals surface area contributed by atoms with Crippen molar-refractivity contribution < 1.29 is 9.53 Å². The third kappa shape index (κ3) is 2.83. The largest absolute Gasteiger partial charge is 0.467 e. The van der Waals surface area contributed by atoms with Gasteiger partial charge in [0.15, 0.2) is 0 Å². The van der Waals surface area contributed by atoms with E-state index in [1.54, 1.807) is 6.07 Å². The van der Waals surface area contributed by atoms with Gasteiger partial charge in [-0.2, -0.15) is 5.26 Å². The van der Waals surface area contributed by atoms with Gasteiger partial charge in [-0.05, 0) is 13.0 Å². The molecule has 2 N–H and O–H groups in total. The van der Waals surface area contributed by atoms with Crippen LogP contribution in [0.4, 0.5) is 0 Å². The minimum Gasteiger partial charge on any atom is -0.467 e. The number of esters is 1. The van der Waals surface area contributed by atoms with Gasteiger partial charge < -0.3 is 10.5 Å². The minimum absolute atomic E-state index is 0.566. The Hall–Kier alpha value is -1.34. The standard InChI is InChI=1S/C7H10N2O2/c1-7(9,4-3-5-8)6(10)11-2/h3-4H,9H2,1-2H3/b4-3+. The normalized spacial score (nSPS) is 15.5. The lowest BCUT2D eigenvalue weighted by atomic mass is 10.0. The molecule has 11 heavy (non-hydrogen) atoms. The fraction of sp³-hybridized carbons (Fsp3) is 0.429. The lowest BCUT2D eigenvalue weighted by Gasteiger charge is -2.15. The van der Waals surface area contributed by atoms with E-state index in [0.29, 0.717) is 0 Å². The molecular formula is C7H10N2O2. The molecule has 1 unspecified atom stereocenters. The summed E-state index contributed by atoms with van der Waals surface area (Å²) in [5.41, 5.74) is 4.24. The molecule has 0 aliphatic carbocycles. The first-order chi connectivity index (χ1) is 5.04. The second-order valence-electron chi connectivity index (χ2n) is 2.24. The highest BCUT2D eigenvalue weighted by molar-refractivity contribution is 5.82. The average Bonchev–Trinajstić information content (AvgIpc) is 1.99. The van der Waals surface area contributed by atoms with Crippen LogP contribution in [-0.4, -0.2) is 18.6 Å². The molecule has 0 spiro atoms. The van der Waals surface area contributed by atoms with E-state index < -0.39 is 11.5 Å². The first kappa shape index (κ1) is 9.66. The number of carbonyl (C=O) groups excluding carboxylic acids is 1. The van der Waals surface area contributed by atoms with Gasteiger partial charge in [0.05, 0.1) is 13.2 Å².